The number of nitrogens with one attached hydrogen (secondary N) is 4. The Labute approximate surface area is 123 Å². The Balaban J connectivity index is 1.90. The number of benzene rings is 1. The highest BCUT2D eigenvalue weighted by Crippen LogP contribution is 2.27. The summed E-state index contributed by atoms with van der Waals surface area (Å²) in [5, 5.41) is 21.8. The summed E-state index contributed by atoms with van der Waals surface area (Å²) in [5.74, 6) is 0.879. The molecule has 1 aliphatic heterocycles. The molecular weight excluding hydrogens is 278 g/mol. The molecule has 0 bridgehead atoms. The van der Waals surface area contributed by atoms with Crippen LogP contribution in [0.2, 0.25) is 5.02 Å². The zero-order chi connectivity index (χ0) is 14.5. The van der Waals surface area contributed by atoms with Gasteiger partial charge in [-0.1, -0.05) is 11.6 Å². The fourth-order valence-electron chi connectivity index (χ4n) is 2.06. The molecule has 1 saturated heterocycles. The number of anilines is 1. The summed E-state index contributed by atoms with van der Waals surface area (Å²) in [4.78, 5) is 1.91. The first-order valence-corrected chi connectivity index (χ1v) is 6.77. The minimum Gasteiger partial charge on any atom is -0.495 e. The first-order valence-electron chi connectivity index (χ1n) is 6.40. The summed E-state index contributed by atoms with van der Waals surface area (Å²) >= 11 is 6.02. The molecule has 108 valence electrons. The second kappa shape index (κ2) is 6.47. The van der Waals surface area contributed by atoms with Crippen LogP contribution in [-0.2, 0) is 0 Å². The van der Waals surface area contributed by atoms with Gasteiger partial charge in [-0.15, -0.1) is 0 Å². The predicted molar refractivity (Wildman–Crippen MR) is 81.0 cm³/mol. The zero-order valence-corrected chi connectivity index (χ0v) is 12.0. The summed E-state index contributed by atoms with van der Waals surface area (Å²) in [6.07, 6.45) is 2.19. The van der Waals surface area contributed by atoms with Gasteiger partial charge in [-0.25, -0.2) is 0 Å². The molecule has 4 N–H and O–H groups in total. The fraction of sp³-hybridized carbons (Fsp3) is 0.385. The van der Waals surface area contributed by atoms with E-state index in [0.717, 1.165) is 25.9 Å². The lowest BCUT2D eigenvalue weighted by Gasteiger charge is -2.20. The van der Waals surface area contributed by atoms with Gasteiger partial charge in [-0.05, 0) is 31.0 Å². The van der Waals surface area contributed by atoms with Crippen LogP contribution in [-0.4, -0.2) is 37.0 Å². The smallest absolute Gasteiger partial charge is 0.199 e. The van der Waals surface area contributed by atoms with E-state index in [9.17, 15) is 0 Å². The Hall–Kier alpha value is -1.95. The van der Waals surface area contributed by atoms with Crippen molar-refractivity contribution >= 4 is 29.2 Å². The van der Waals surface area contributed by atoms with E-state index in [0.29, 0.717) is 16.5 Å². The van der Waals surface area contributed by atoms with Crippen molar-refractivity contribution in [3.8, 4) is 5.75 Å². The molecule has 0 spiro atoms. The molecule has 0 atom stereocenters. The van der Waals surface area contributed by atoms with E-state index in [1.165, 1.54) is 0 Å². The molecule has 0 unspecified atom stereocenters. The van der Waals surface area contributed by atoms with Gasteiger partial charge in [0.05, 0.1) is 12.1 Å². The van der Waals surface area contributed by atoms with E-state index in [1.54, 1.807) is 25.3 Å². The third-order valence-corrected chi connectivity index (χ3v) is 3.38. The average molecular weight is 296 g/mol. The van der Waals surface area contributed by atoms with E-state index in [4.69, 9.17) is 27.2 Å². The summed E-state index contributed by atoms with van der Waals surface area (Å²) in [6, 6.07) is 5.17. The van der Waals surface area contributed by atoms with E-state index in [2.05, 4.69) is 10.6 Å². The van der Waals surface area contributed by atoms with Crippen molar-refractivity contribution in [2.75, 3.05) is 25.5 Å². The third kappa shape index (κ3) is 3.54. The number of ether oxygens (including phenoxy) is 1. The predicted octanol–water partition coefficient (Wildman–Crippen LogP) is 2.32. The van der Waals surface area contributed by atoms with Crippen LogP contribution in [0.5, 0.6) is 5.75 Å². The van der Waals surface area contributed by atoms with Gasteiger partial charge in [0.1, 0.15) is 5.75 Å². The monoisotopic (exact) mass is 295 g/mol. The summed E-state index contributed by atoms with van der Waals surface area (Å²) < 4.78 is 5.07. The lowest BCUT2D eigenvalue weighted by atomic mass is 10.3. The Morgan fingerprint density at radius 2 is 2.00 bits per heavy atom. The van der Waals surface area contributed by atoms with Gasteiger partial charge in [0.15, 0.2) is 11.9 Å². The first-order chi connectivity index (χ1) is 9.60. The van der Waals surface area contributed by atoms with Gasteiger partial charge >= 0.3 is 0 Å². The van der Waals surface area contributed by atoms with Crippen LogP contribution in [0.25, 0.3) is 0 Å². The number of guanidine groups is 2. The van der Waals surface area contributed by atoms with Crippen LogP contribution < -0.4 is 15.4 Å². The van der Waals surface area contributed by atoms with Gasteiger partial charge in [-0.3, -0.25) is 16.1 Å². The van der Waals surface area contributed by atoms with Crippen molar-refractivity contribution in [2.24, 2.45) is 0 Å². The number of methoxy groups -OCH3 is 1. The maximum absolute atomic E-state index is 7.88. The van der Waals surface area contributed by atoms with Crippen molar-refractivity contribution in [2.45, 2.75) is 12.8 Å². The average Bonchev–Trinajstić information content (AvgIpc) is 2.92. The molecule has 0 radical (unpaired) electrons. The van der Waals surface area contributed by atoms with Crippen LogP contribution in [0.4, 0.5) is 5.69 Å². The molecule has 7 heteroatoms. The van der Waals surface area contributed by atoms with Crippen LogP contribution in [0.1, 0.15) is 12.8 Å². The molecule has 1 aliphatic rings. The normalized spacial score (nSPS) is 14.0. The summed E-state index contributed by atoms with van der Waals surface area (Å²) in [7, 11) is 1.55. The van der Waals surface area contributed by atoms with E-state index < -0.39 is 0 Å². The molecule has 0 amide bonds. The Kier molecular flexibility index (Phi) is 4.68. The Bertz CT molecular complexity index is 513. The van der Waals surface area contributed by atoms with Crippen LogP contribution >= 0.6 is 11.6 Å². The number of rotatable bonds is 2. The van der Waals surface area contributed by atoms with Gasteiger partial charge < -0.3 is 15.0 Å². The Morgan fingerprint density at radius 1 is 1.30 bits per heavy atom. The first kappa shape index (κ1) is 14.5. The zero-order valence-electron chi connectivity index (χ0n) is 11.3. The minimum atomic E-state index is 0.0446. The SMILES string of the molecule is COc1ccc(NC(=N)NC(=N)N2CCCC2)cc1Cl. The maximum atomic E-state index is 7.88. The van der Waals surface area contributed by atoms with Gasteiger partial charge in [0, 0.05) is 18.8 Å². The number of hydrogen-bond donors (Lipinski definition) is 4. The van der Waals surface area contributed by atoms with Crippen molar-refractivity contribution in [1.82, 2.24) is 10.2 Å². The molecular formula is C13H18ClN5O. The standard InChI is InChI=1S/C13H18ClN5O/c1-20-11-5-4-9(8-10(11)14)17-12(15)18-13(16)19-6-2-3-7-19/h4-5,8H,2-3,6-7H2,1H3,(H4,15,16,17,18). The van der Waals surface area contributed by atoms with Crippen LogP contribution in [0, 0.1) is 10.8 Å². The number of halogens is 1. The van der Waals surface area contributed by atoms with Crippen LogP contribution in [0.15, 0.2) is 18.2 Å². The molecule has 20 heavy (non-hydrogen) atoms. The van der Waals surface area contributed by atoms with Crippen molar-refractivity contribution < 1.29 is 4.74 Å². The molecule has 2 rings (SSSR count). The largest absolute Gasteiger partial charge is 0.495 e. The molecule has 1 aromatic rings. The maximum Gasteiger partial charge on any atom is 0.199 e. The van der Waals surface area contributed by atoms with Crippen LogP contribution in [0.3, 0.4) is 0 Å². The van der Waals surface area contributed by atoms with E-state index in [1.807, 2.05) is 4.90 Å². The van der Waals surface area contributed by atoms with Gasteiger partial charge in [0.2, 0.25) is 0 Å². The highest BCUT2D eigenvalue weighted by atomic mass is 35.5. The number of likely N-dealkylation sites (tertiary alicyclic amines) is 1. The third-order valence-electron chi connectivity index (χ3n) is 3.09. The molecule has 1 aromatic carbocycles. The fourth-order valence-corrected chi connectivity index (χ4v) is 2.32. The molecule has 0 aliphatic carbocycles. The van der Waals surface area contributed by atoms with E-state index in [-0.39, 0.29) is 11.9 Å². The topological polar surface area (TPSA) is 84.2 Å². The van der Waals surface area contributed by atoms with Crippen molar-refractivity contribution in [1.29, 1.82) is 10.8 Å². The summed E-state index contributed by atoms with van der Waals surface area (Å²) in [6.45, 7) is 1.74. The van der Waals surface area contributed by atoms with Gasteiger partial charge in [-0.2, -0.15) is 0 Å². The minimum absolute atomic E-state index is 0.0446. The number of nitrogens with zero attached hydrogens (tertiary/aromatic N) is 1. The second-order valence-electron chi connectivity index (χ2n) is 4.52. The lowest BCUT2D eigenvalue weighted by Crippen LogP contribution is -2.44. The number of hydrogen-bond acceptors (Lipinski definition) is 3. The quantitative estimate of drug-likeness (QED) is 0.498. The highest BCUT2D eigenvalue weighted by Gasteiger charge is 2.15. The molecule has 0 aromatic heterocycles. The van der Waals surface area contributed by atoms with Crippen molar-refractivity contribution in [3.05, 3.63) is 23.2 Å². The lowest BCUT2D eigenvalue weighted by molar-refractivity contribution is 0.415. The molecule has 1 heterocycles. The molecule has 6 nitrogen and oxygen atoms in total. The van der Waals surface area contributed by atoms with Crippen molar-refractivity contribution in [3.63, 3.8) is 0 Å². The van der Waals surface area contributed by atoms with E-state index >= 15 is 0 Å². The highest BCUT2D eigenvalue weighted by molar-refractivity contribution is 6.32. The Morgan fingerprint density at radius 3 is 2.60 bits per heavy atom. The molecule has 0 saturated carbocycles. The second-order valence-corrected chi connectivity index (χ2v) is 4.92. The van der Waals surface area contributed by atoms with Gasteiger partial charge in [0.25, 0.3) is 0 Å². The summed E-state index contributed by atoms with van der Waals surface area (Å²) in [5.41, 5.74) is 0.669. The molecule has 1 fully saturated rings.